The van der Waals surface area contributed by atoms with Gasteiger partial charge in [0, 0.05) is 31.5 Å². The van der Waals surface area contributed by atoms with Crippen molar-refractivity contribution < 1.29 is 19.1 Å². The van der Waals surface area contributed by atoms with Gasteiger partial charge in [0.2, 0.25) is 0 Å². The molecule has 0 N–H and O–H groups in total. The number of pyridine rings is 1. The molecule has 1 unspecified atom stereocenters. The second kappa shape index (κ2) is 8.10. The summed E-state index contributed by atoms with van der Waals surface area (Å²) in [7, 11) is 1.33. The Morgan fingerprint density at radius 1 is 1.55 bits per heavy atom. The largest absolute Gasteiger partial charge is 0.469 e. The van der Waals surface area contributed by atoms with E-state index in [1.807, 2.05) is 0 Å². The second-order valence-corrected chi connectivity index (χ2v) is 5.47. The molecule has 2 rings (SSSR count). The number of carbonyl (C=O) groups is 2. The number of carbonyl (C=O) groups excluding carboxylic acids is 2. The molecular formula is C15H19ClN2O4. The van der Waals surface area contributed by atoms with Crippen LogP contribution in [0, 0.1) is 0 Å². The Bertz CT molecular complexity index is 532. The van der Waals surface area contributed by atoms with Crippen LogP contribution >= 0.6 is 11.6 Å². The van der Waals surface area contributed by atoms with E-state index < -0.39 is 0 Å². The smallest absolute Gasteiger partial charge is 0.307 e. The molecule has 0 aromatic carbocycles. The van der Waals surface area contributed by atoms with E-state index in [2.05, 4.69) is 9.72 Å². The van der Waals surface area contributed by atoms with Crippen LogP contribution in [0.4, 0.5) is 0 Å². The Labute approximate surface area is 134 Å². The maximum Gasteiger partial charge on any atom is 0.307 e. The predicted molar refractivity (Wildman–Crippen MR) is 80.8 cm³/mol. The maximum absolute atomic E-state index is 12.6. The average Bonchev–Trinajstić information content (AvgIpc) is 3.03. The van der Waals surface area contributed by atoms with Crippen molar-refractivity contribution in [1.29, 1.82) is 0 Å². The topological polar surface area (TPSA) is 68.7 Å². The number of aromatic nitrogens is 1. The molecule has 0 saturated carbocycles. The SMILES string of the molecule is COC(=O)CCN(CC1CCCO1)C(=O)c1ccnc(Cl)c1. The molecule has 1 aromatic heterocycles. The van der Waals surface area contributed by atoms with E-state index in [0.717, 1.165) is 12.8 Å². The van der Waals surface area contributed by atoms with Gasteiger partial charge in [-0.3, -0.25) is 9.59 Å². The van der Waals surface area contributed by atoms with E-state index in [4.69, 9.17) is 16.3 Å². The van der Waals surface area contributed by atoms with Crippen LogP contribution in [-0.4, -0.2) is 54.7 Å². The van der Waals surface area contributed by atoms with Gasteiger partial charge in [-0.25, -0.2) is 4.98 Å². The van der Waals surface area contributed by atoms with Crippen LogP contribution in [0.25, 0.3) is 0 Å². The van der Waals surface area contributed by atoms with Crippen molar-refractivity contribution in [3.05, 3.63) is 29.0 Å². The van der Waals surface area contributed by atoms with E-state index in [-0.39, 0.29) is 36.1 Å². The molecule has 0 bridgehead atoms. The van der Waals surface area contributed by atoms with Crippen LogP contribution in [0.5, 0.6) is 0 Å². The lowest BCUT2D eigenvalue weighted by molar-refractivity contribution is -0.140. The normalized spacial score (nSPS) is 17.3. The Morgan fingerprint density at radius 2 is 2.36 bits per heavy atom. The summed E-state index contributed by atoms with van der Waals surface area (Å²) in [5, 5.41) is 0.260. The number of esters is 1. The molecule has 1 aliphatic rings. The number of hydrogen-bond acceptors (Lipinski definition) is 5. The molecule has 6 nitrogen and oxygen atoms in total. The van der Waals surface area contributed by atoms with Crippen LogP contribution in [0.1, 0.15) is 29.6 Å². The Morgan fingerprint density at radius 3 is 3.00 bits per heavy atom. The highest BCUT2D eigenvalue weighted by Gasteiger charge is 2.24. The summed E-state index contributed by atoms with van der Waals surface area (Å²) in [6, 6.07) is 3.12. The average molecular weight is 327 g/mol. The molecule has 1 saturated heterocycles. The highest BCUT2D eigenvalue weighted by Crippen LogP contribution is 2.16. The van der Waals surface area contributed by atoms with Crippen LogP contribution in [-0.2, 0) is 14.3 Å². The third-order valence-corrected chi connectivity index (χ3v) is 3.73. The second-order valence-electron chi connectivity index (χ2n) is 5.08. The van der Waals surface area contributed by atoms with Crippen molar-refractivity contribution >= 4 is 23.5 Å². The first-order valence-corrected chi connectivity index (χ1v) is 7.57. The number of hydrogen-bond donors (Lipinski definition) is 0. The van der Waals surface area contributed by atoms with Gasteiger partial charge in [-0.1, -0.05) is 11.6 Å². The summed E-state index contributed by atoms with van der Waals surface area (Å²) in [4.78, 5) is 29.4. The molecule has 1 aliphatic heterocycles. The lowest BCUT2D eigenvalue weighted by Crippen LogP contribution is -2.38. The fourth-order valence-corrected chi connectivity index (χ4v) is 2.53. The lowest BCUT2D eigenvalue weighted by Gasteiger charge is -2.25. The van der Waals surface area contributed by atoms with Crippen molar-refractivity contribution in [3.63, 3.8) is 0 Å². The van der Waals surface area contributed by atoms with Gasteiger partial charge < -0.3 is 14.4 Å². The molecule has 0 spiro atoms. The Hall–Kier alpha value is -1.66. The molecule has 120 valence electrons. The number of nitrogens with zero attached hydrogens (tertiary/aromatic N) is 2. The highest BCUT2D eigenvalue weighted by molar-refractivity contribution is 6.29. The van der Waals surface area contributed by atoms with Gasteiger partial charge in [-0.05, 0) is 25.0 Å². The number of rotatable bonds is 6. The minimum Gasteiger partial charge on any atom is -0.469 e. The first-order valence-electron chi connectivity index (χ1n) is 7.19. The monoisotopic (exact) mass is 326 g/mol. The fraction of sp³-hybridized carbons (Fsp3) is 0.533. The summed E-state index contributed by atoms with van der Waals surface area (Å²) in [6.45, 7) is 1.45. The molecule has 22 heavy (non-hydrogen) atoms. The Balaban J connectivity index is 2.07. The fourth-order valence-electron chi connectivity index (χ4n) is 2.36. The van der Waals surface area contributed by atoms with Crippen LogP contribution < -0.4 is 0 Å². The molecule has 1 aromatic rings. The summed E-state index contributed by atoms with van der Waals surface area (Å²) in [5.41, 5.74) is 0.447. The van der Waals surface area contributed by atoms with Crippen molar-refractivity contribution in [2.45, 2.75) is 25.4 Å². The van der Waals surface area contributed by atoms with Gasteiger partial charge in [-0.2, -0.15) is 0 Å². The van der Waals surface area contributed by atoms with Crippen LogP contribution in [0.15, 0.2) is 18.3 Å². The third kappa shape index (κ3) is 4.68. The third-order valence-electron chi connectivity index (χ3n) is 3.52. The first-order chi connectivity index (χ1) is 10.6. The summed E-state index contributed by atoms with van der Waals surface area (Å²) >= 11 is 5.83. The van der Waals surface area contributed by atoms with Crippen molar-refractivity contribution in [2.75, 3.05) is 26.8 Å². The van der Waals surface area contributed by atoms with E-state index in [1.165, 1.54) is 19.4 Å². The quantitative estimate of drug-likeness (QED) is 0.590. The van der Waals surface area contributed by atoms with Gasteiger partial charge in [0.05, 0.1) is 19.6 Å². The zero-order chi connectivity index (χ0) is 15.9. The molecule has 2 heterocycles. The highest BCUT2D eigenvalue weighted by atomic mass is 35.5. The predicted octanol–water partition coefficient (Wildman–Crippen LogP) is 1.92. The molecular weight excluding hydrogens is 308 g/mol. The number of methoxy groups -OCH3 is 1. The van der Waals surface area contributed by atoms with Gasteiger partial charge in [0.15, 0.2) is 0 Å². The Kier molecular flexibility index (Phi) is 6.15. The molecule has 1 fully saturated rings. The molecule has 0 radical (unpaired) electrons. The number of amides is 1. The first kappa shape index (κ1) is 16.7. The lowest BCUT2D eigenvalue weighted by atomic mass is 10.2. The van der Waals surface area contributed by atoms with Crippen molar-refractivity contribution in [2.24, 2.45) is 0 Å². The van der Waals surface area contributed by atoms with Crippen LogP contribution in [0.2, 0.25) is 5.15 Å². The van der Waals surface area contributed by atoms with E-state index in [1.54, 1.807) is 11.0 Å². The van der Waals surface area contributed by atoms with Gasteiger partial charge >= 0.3 is 5.97 Å². The zero-order valence-electron chi connectivity index (χ0n) is 12.5. The van der Waals surface area contributed by atoms with Crippen molar-refractivity contribution in [1.82, 2.24) is 9.88 Å². The summed E-state index contributed by atoms with van der Waals surface area (Å²) < 4.78 is 10.2. The maximum atomic E-state index is 12.6. The van der Waals surface area contributed by atoms with Crippen molar-refractivity contribution in [3.8, 4) is 0 Å². The molecule has 7 heteroatoms. The van der Waals surface area contributed by atoms with E-state index in [9.17, 15) is 9.59 Å². The summed E-state index contributed by atoms with van der Waals surface area (Å²) in [5.74, 6) is -0.540. The summed E-state index contributed by atoms with van der Waals surface area (Å²) in [6.07, 6.45) is 3.55. The minimum atomic E-state index is -0.349. The van der Waals surface area contributed by atoms with Crippen LogP contribution in [0.3, 0.4) is 0 Å². The number of ether oxygens (including phenoxy) is 2. The van der Waals surface area contributed by atoms with Gasteiger partial charge in [0.25, 0.3) is 5.91 Å². The minimum absolute atomic E-state index is 0.0129. The standard InChI is InChI=1S/C15H19ClN2O4/c1-21-14(19)5-7-18(10-12-3-2-8-22-12)15(20)11-4-6-17-13(16)9-11/h4,6,9,12H,2-3,5,7-8,10H2,1H3. The zero-order valence-corrected chi connectivity index (χ0v) is 13.2. The van der Waals surface area contributed by atoms with Gasteiger partial charge in [-0.15, -0.1) is 0 Å². The van der Waals surface area contributed by atoms with E-state index in [0.29, 0.717) is 18.7 Å². The van der Waals surface area contributed by atoms with Gasteiger partial charge in [0.1, 0.15) is 5.15 Å². The van der Waals surface area contributed by atoms with E-state index >= 15 is 0 Å². The molecule has 1 atom stereocenters. The molecule has 0 aliphatic carbocycles. The molecule has 1 amide bonds. The number of halogens is 1.